The van der Waals surface area contributed by atoms with Crippen LogP contribution in [-0.4, -0.2) is 332 Å². The molecule has 3 aromatic heterocycles. The number of nitrogens with zero attached hydrogens (tertiary/aromatic N) is 6. The van der Waals surface area contributed by atoms with E-state index < -0.39 is 68.2 Å². The predicted molar refractivity (Wildman–Crippen MR) is 464 cm³/mol. The molecule has 0 aliphatic carbocycles. The van der Waals surface area contributed by atoms with Crippen molar-refractivity contribution in [2.24, 2.45) is 0 Å². The SMILES string of the molecule is CCN(CC)CC(O)COCCC[Si](C)(C)OC.CO[Si](C)(C)CCCNCc1ccccn1.CO[Si](C)(C)CCCOCC(O)CN(C)CCc1ccccn1.CO[Si](C)(C)CCCOCC(O)CN1CCOCC1.CO[Si](C)(C)CCCOCC(O)CNCc1ccccn1.CO[Si](C)(C)CCCOCC1CO1. The topological polar surface area (TPSA) is 277 Å². The fourth-order valence-electron chi connectivity index (χ4n) is 10.5. The summed E-state index contributed by atoms with van der Waals surface area (Å²) >= 11 is 0. The lowest BCUT2D eigenvalue weighted by Crippen LogP contribution is -2.42. The maximum Gasteiger partial charge on any atom is 0.186 e. The molecular weight excluding hydrogens is 1500 g/mol. The third-order valence-corrected chi connectivity index (χ3v) is 35.1. The summed E-state index contributed by atoms with van der Waals surface area (Å²) in [6, 6.07) is 24.5. The van der Waals surface area contributed by atoms with Gasteiger partial charge in [0.05, 0.1) is 88.7 Å². The summed E-state index contributed by atoms with van der Waals surface area (Å²) in [6.07, 6.45) is 11.3. The van der Waals surface area contributed by atoms with Crippen molar-refractivity contribution in [2.75, 3.05) is 201 Å². The molecule has 2 fully saturated rings. The van der Waals surface area contributed by atoms with E-state index in [4.69, 9.17) is 59.7 Å². The van der Waals surface area contributed by atoms with Crippen LogP contribution >= 0.6 is 0 Å². The average Bonchev–Trinajstić information content (AvgIpc) is 1.75. The van der Waals surface area contributed by atoms with Gasteiger partial charge in [0.1, 0.15) is 6.10 Å². The third kappa shape index (κ3) is 67.0. The normalized spacial score (nSPS) is 15.4. The Morgan fingerprint density at radius 2 is 0.827 bits per heavy atom. The number of β-amino-alcohol motifs (C(OH)–C–C–N with tert-alkyl or cyclic N) is 1. The van der Waals surface area contributed by atoms with Crippen molar-refractivity contribution >= 4 is 49.9 Å². The minimum atomic E-state index is -1.48. The first-order chi connectivity index (χ1) is 52.2. The van der Waals surface area contributed by atoms with Crippen molar-refractivity contribution < 1.29 is 80.1 Å². The standard InChI is InChI=1S/C17H32N2O3Si.C15H28N2O3Si.C13H29NO4Si.C13H31NO3Si.C12H22N2OSi.C9H20O3Si/c1-19(11-9-16-8-5-6-10-18-16)14-17(20)15-22-12-7-13-23(3,4)21-2;1-19-21(2,3)10-6-9-20-13-15(18)12-16-11-14-7-4-5-8-17-14;1-16-19(2,3)10-4-7-18-12-13(15)11-14-5-8-17-9-6-14;1-6-14(7-2)11-13(15)12-17-9-8-10-18(4,5)16-3;1-15-16(2,3)10-6-8-13-11-12-7-4-5-9-14-12;1-10-13(2,3)6-4-5-11-7-9-8-12-9/h5-6,8,10,17,20H,7,9,11-15H2,1-4H3;4-5,7-8,15-16,18H,6,9-13H2,1-3H3;13,15H,4-12H2,1-3H3;13,15H,6-12H2,1-5H3;4-5,7,9,13H,6,8,10-11H2,1-3H3;9H,4-8H2,1-3H3. The number of hydrogen-bond donors (Lipinski definition) is 6. The number of pyridine rings is 3. The van der Waals surface area contributed by atoms with E-state index in [9.17, 15) is 20.4 Å². The second kappa shape index (κ2) is 65.9. The van der Waals surface area contributed by atoms with Gasteiger partial charge in [-0.25, -0.2) is 0 Å². The lowest BCUT2D eigenvalue weighted by Gasteiger charge is -2.28. The molecule has 0 spiro atoms. The molecule has 110 heavy (non-hydrogen) atoms. The number of aromatic nitrogens is 3. The Balaban J connectivity index is 0.00000131. The number of nitrogens with one attached hydrogen (secondary N) is 2. The highest BCUT2D eigenvalue weighted by Gasteiger charge is 2.26. The average molecular weight is 1660 g/mol. The number of aliphatic hydroxyl groups excluding tert-OH is 4. The van der Waals surface area contributed by atoms with Crippen LogP contribution in [0.3, 0.4) is 0 Å². The Morgan fingerprint density at radius 1 is 0.473 bits per heavy atom. The van der Waals surface area contributed by atoms with E-state index in [0.29, 0.717) is 85.1 Å². The number of rotatable bonds is 57. The molecule has 5 heterocycles. The van der Waals surface area contributed by atoms with E-state index in [0.717, 1.165) is 165 Å². The fourth-order valence-corrected chi connectivity index (χ4v) is 17.7. The van der Waals surface area contributed by atoms with Gasteiger partial charge in [0.15, 0.2) is 49.9 Å². The van der Waals surface area contributed by atoms with E-state index in [-0.39, 0.29) is 6.10 Å². The number of aliphatic hydroxyl groups is 4. The molecule has 0 bridgehead atoms. The molecule has 2 saturated heterocycles. The Labute approximate surface area is 675 Å². The summed E-state index contributed by atoms with van der Waals surface area (Å²) in [7, 11) is 4.24. The van der Waals surface area contributed by atoms with Gasteiger partial charge < -0.3 is 101 Å². The van der Waals surface area contributed by atoms with Crippen molar-refractivity contribution in [3.8, 4) is 0 Å². The molecule has 0 saturated carbocycles. The van der Waals surface area contributed by atoms with Gasteiger partial charge in [0, 0.05) is 165 Å². The van der Waals surface area contributed by atoms with Crippen LogP contribution in [0.5, 0.6) is 0 Å². The highest BCUT2D eigenvalue weighted by atomic mass is 28.4. The zero-order valence-corrected chi connectivity index (χ0v) is 79.0. The molecule has 0 radical (unpaired) electrons. The molecule has 5 unspecified atom stereocenters. The monoisotopic (exact) mass is 1660 g/mol. The number of likely N-dealkylation sites (N-methyl/N-ethyl adjacent to an activating group) is 2. The lowest BCUT2D eigenvalue weighted by molar-refractivity contribution is -0.0140. The number of ether oxygens (including phenoxy) is 7. The van der Waals surface area contributed by atoms with E-state index >= 15 is 0 Å². The largest absolute Gasteiger partial charge is 0.420 e. The predicted octanol–water partition coefficient (Wildman–Crippen LogP) is 10.9. The van der Waals surface area contributed by atoms with Crippen molar-refractivity contribution in [1.82, 2.24) is 40.3 Å². The van der Waals surface area contributed by atoms with Crippen LogP contribution in [0, 0.1) is 0 Å². The van der Waals surface area contributed by atoms with Crippen LogP contribution in [0.2, 0.25) is 115 Å². The summed E-state index contributed by atoms with van der Waals surface area (Å²) in [5, 5.41) is 46.1. The number of epoxide rings is 1. The Hall–Kier alpha value is -2.13. The van der Waals surface area contributed by atoms with Gasteiger partial charge in [-0.05, 0) is 216 Å². The lowest BCUT2D eigenvalue weighted by atomic mass is 10.2. The second-order valence-electron chi connectivity index (χ2n) is 32.0. The first kappa shape index (κ1) is 108. The second-order valence-corrected chi connectivity index (χ2v) is 58.6. The van der Waals surface area contributed by atoms with Gasteiger partial charge in [0.25, 0.3) is 0 Å². The van der Waals surface area contributed by atoms with Gasteiger partial charge in [-0.1, -0.05) is 32.0 Å². The molecule has 3 aromatic rings. The fraction of sp³-hybridized carbons (Fsp3) is 0.810. The number of morpholine rings is 1. The summed E-state index contributed by atoms with van der Waals surface area (Å²) in [5.74, 6) is 0. The van der Waals surface area contributed by atoms with Gasteiger partial charge in [0.2, 0.25) is 0 Å². The Morgan fingerprint density at radius 3 is 1.20 bits per heavy atom. The van der Waals surface area contributed by atoms with E-state index in [1.165, 1.54) is 18.5 Å². The van der Waals surface area contributed by atoms with Crippen LogP contribution in [0.4, 0.5) is 0 Å². The first-order valence-electron chi connectivity index (χ1n) is 40.6. The van der Waals surface area contributed by atoms with Crippen LogP contribution in [0.1, 0.15) is 69.5 Å². The maximum absolute atomic E-state index is 10.0. The molecule has 2 aliphatic rings. The molecule has 2 aliphatic heterocycles. The van der Waals surface area contributed by atoms with Crippen molar-refractivity contribution in [3.05, 3.63) is 90.3 Å². The Kier molecular flexibility index (Phi) is 64.6. The van der Waals surface area contributed by atoms with Crippen LogP contribution < -0.4 is 10.6 Å². The Bertz CT molecular complexity index is 2520. The molecule has 644 valence electrons. The zero-order chi connectivity index (χ0) is 82.4. The van der Waals surface area contributed by atoms with Crippen molar-refractivity contribution in [3.63, 3.8) is 0 Å². The van der Waals surface area contributed by atoms with Gasteiger partial charge in [-0.3, -0.25) is 19.9 Å². The summed E-state index contributed by atoms with van der Waals surface area (Å²) in [4.78, 5) is 19.3. The highest BCUT2D eigenvalue weighted by Crippen LogP contribution is 2.18. The maximum atomic E-state index is 10.0. The third-order valence-electron chi connectivity index (χ3n) is 19.1. The highest BCUT2D eigenvalue weighted by molar-refractivity contribution is 6.72. The summed E-state index contributed by atoms with van der Waals surface area (Å²) in [6.45, 7) is 49.0. The van der Waals surface area contributed by atoms with Gasteiger partial charge in [-0.15, -0.1) is 0 Å². The number of hydrogen-bond acceptors (Lipinski definition) is 25. The molecule has 31 heteroatoms. The first-order valence-corrected chi connectivity index (χ1v) is 59.3. The molecule has 5 rings (SSSR count). The smallest absolute Gasteiger partial charge is 0.186 e. The van der Waals surface area contributed by atoms with Crippen molar-refractivity contribution in [2.45, 2.75) is 217 Å². The summed E-state index contributed by atoms with van der Waals surface area (Å²) < 4.78 is 70.8. The van der Waals surface area contributed by atoms with Gasteiger partial charge in [-0.2, -0.15) is 0 Å². The van der Waals surface area contributed by atoms with Gasteiger partial charge >= 0.3 is 0 Å². The van der Waals surface area contributed by atoms with Crippen molar-refractivity contribution in [1.29, 1.82) is 0 Å². The molecule has 0 amide bonds. The van der Waals surface area contributed by atoms with Crippen LogP contribution in [0.25, 0.3) is 0 Å². The zero-order valence-electron chi connectivity index (χ0n) is 73.0. The molecule has 5 atom stereocenters. The molecular formula is C79H162N8O17Si6. The summed E-state index contributed by atoms with van der Waals surface area (Å²) in [5.41, 5.74) is 3.15. The minimum Gasteiger partial charge on any atom is -0.420 e. The quantitative estimate of drug-likeness (QED) is 0.0174. The molecule has 6 N–H and O–H groups in total. The van der Waals surface area contributed by atoms with Crippen LogP contribution in [-0.2, 0) is 79.2 Å². The van der Waals surface area contributed by atoms with E-state index in [1.54, 1.807) is 34.6 Å². The minimum absolute atomic E-state index is 0.365. The molecule has 0 aromatic carbocycles. The van der Waals surface area contributed by atoms with E-state index in [1.807, 2.05) is 88.3 Å². The van der Waals surface area contributed by atoms with E-state index in [2.05, 4.69) is 133 Å². The molecule has 25 nitrogen and oxygen atoms in total. The van der Waals surface area contributed by atoms with Crippen LogP contribution in [0.15, 0.2) is 73.2 Å².